The van der Waals surface area contributed by atoms with Gasteiger partial charge in [0.15, 0.2) is 0 Å². The number of nitrogens with zero attached hydrogens (tertiary/aromatic N) is 3. The number of hydrogen-bond donors (Lipinski definition) is 1. The molecule has 1 aromatic carbocycles. The first kappa shape index (κ1) is 15.9. The Morgan fingerprint density at radius 2 is 2.14 bits per heavy atom. The van der Waals surface area contributed by atoms with Crippen LogP contribution in [0, 0.1) is 5.92 Å². The van der Waals surface area contributed by atoms with Crippen LogP contribution in [0.15, 0.2) is 34.5 Å². The summed E-state index contributed by atoms with van der Waals surface area (Å²) in [6, 6.07) is 7.93. The van der Waals surface area contributed by atoms with E-state index >= 15 is 0 Å². The zero-order valence-corrected chi connectivity index (χ0v) is 13.4. The molecule has 0 aliphatic heterocycles. The maximum Gasteiger partial charge on any atom is 0.265 e. The molecule has 0 fully saturated rings. The maximum absolute atomic E-state index is 10.9. The highest BCUT2D eigenvalue weighted by atomic mass is 32.2. The van der Waals surface area contributed by atoms with Crippen molar-refractivity contribution < 1.29 is 13.0 Å². The molecule has 6 nitrogen and oxygen atoms in total. The second-order valence-electron chi connectivity index (χ2n) is 4.69. The van der Waals surface area contributed by atoms with E-state index in [9.17, 15) is 8.42 Å². The average Bonchev–Trinajstić information content (AvgIpc) is 2.74. The highest BCUT2D eigenvalue weighted by molar-refractivity contribution is 7.85. The number of rotatable bonds is 5. The van der Waals surface area contributed by atoms with E-state index in [1.807, 2.05) is 42.8 Å². The van der Waals surface area contributed by atoms with Crippen molar-refractivity contribution in [2.24, 2.45) is 23.2 Å². The Balaban J connectivity index is 2.26. The standard InChI is InChI=1S/C13H17N3O3S2/c1-3-10(9-21(17,18)19)8-14-15-13-16(2)11-6-4-5-7-12(11)20-13/h4-8,10H,3,9H2,1-2H3,(H,17,18,19). The highest BCUT2D eigenvalue weighted by Gasteiger charge is 2.13. The number of aromatic nitrogens is 1. The van der Waals surface area contributed by atoms with Crippen LogP contribution in [0.1, 0.15) is 13.3 Å². The number of fused-ring (bicyclic) bond motifs is 1. The molecule has 0 radical (unpaired) electrons. The van der Waals surface area contributed by atoms with E-state index in [1.54, 1.807) is 0 Å². The lowest BCUT2D eigenvalue weighted by Crippen LogP contribution is -2.16. The second-order valence-corrected chi connectivity index (χ2v) is 7.20. The molecule has 0 spiro atoms. The van der Waals surface area contributed by atoms with Crippen molar-refractivity contribution in [3.05, 3.63) is 29.1 Å². The fraction of sp³-hybridized carbons (Fsp3) is 0.385. The maximum atomic E-state index is 10.9. The molecule has 21 heavy (non-hydrogen) atoms. The highest BCUT2D eigenvalue weighted by Crippen LogP contribution is 2.15. The summed E-state index contributed by atoms with van der Waals surface area (Å²) >= 11 is 1.51. The lowest BCUT2D eigenvalue weighted by molar-refractivity contribution is 0.476. The molecule has 0 saturated carbocycles. The zero-order valence-electron chi connectivity index (χ0n) is 11.8. The van der Waals surface area contributed by atoms with Crippen molar-refractivity contribution in [2.45, 2.75) is 13.3 Å². The topological polar surface area (TPSA) is 84.0 Å². The Kier molecular flexibility index (Phi) is 4.92. The summed E-state index contributed by atoms with van der Waals surface area (Å²) in [5, 5.41) is 8.10. The van der Waals surface area contributed by atoms with Crippen molar-refractivity contribution in [1.82, 2.24) is 4.57 Å². The summed E-state index contributed by atoms with van der Waals surface area (Å²) in [6.07, 6.45) is 2.04. The van der Waals surface area contributed by atoms with Crippen LogP contribution < -0.4 is 4.80 Å². The van der Waals surface area contributed by atoms with E-state index < -0.39 is 10.1 Å². The van der Waals surface area contributed by atoms with Crippen LogP contribution in [0.5, 0.6) is 0 Å². The van der Waals surface area contributed by atoms with E-state index in [2.05, 4.69) is 10.2 Å². The van der Waals surface area contributed by atoms with Crippen LogP contribution in [-0.4, -0.2) is 29.5 Å². The van der Waals surface area contributed by atoms with Crippen molar-refractivity contribution in [2.75, 3.05) is 5.75 Å². The Bertz CT molecular complexity index is 819. The van der Waals surface area contributed by atoms with Gasteiger partial charge in [-0.1, -0.05) is 30.4 Å². The largest absolute Gasteiger partial charge is 0.318 e. The lowest BCUT2D eigenvalue weighted by atomic mass is 10.1. The number of aryl methyl sites for hydroxylation is 1. The van der Waals surface area contributed by atoms with E-state index in [1.165, 1.54) is 17.6 Å². The van der Waals surface area contributed by atoms with Gasteiger partial charge in [-0.15, -0.1) is 5.10 Å². The predicted octanol–water partition coefficient (Wildman–Crippen LogP) is 2.04. The smallest absolute Gasteiger partial charge is 0.265 e. The van der Waals surface area contributed by atoms with Gasteiger partial charge in [0.2, 0.25) is 4.80 Å². The molecule has 0 aliphatic carbocycles. The Morgan fingerprint density at radius 1 is 1.43 bits per heavy atom. The van der Waals surface area contributed by atoms with Gasteiger partial charge in [0, 0.05) is 19.2 Å². The summed E-state index contributed by atoms with van der Waals surface area (Å²) < 4.78 is 33.6. The first-order valence-corrected chi connectivity index (χ1v) is 8.90. The molecule has 2 aromatic rings. The fourth-order valence-corrected chi connectivity index (χ4v) is 3.73. The van der Waals surface area contributed by atoms with Crippen LogP contribution >= 0.6 is 11.3 Å². The fourth-order valence-electron chi connectivity index (χ4n) is 1.89. The molecule has 0 amide bonds. The third-order valence-electron chi connectivity index (χ3n) is 3.08. The molecular weight excluding hydrogens is 310 g/mol. The molecule has 1 heterocycles. The Hall–Kier alpha value is -1.51. The number of hydrogen-bond acceptors (Lipinski definition) is 5. The summed E-state index contributed by atoms with van der Waals surface area (Å²) in [7, 11) is -2.09. The quantitative estimate of drug-likeness (QED) is 0.518. The number of benzene rings is 1. The molecule has 1 unspecified atom stereocenters. The molecule has 8 heteroatoms. The normalized spacial score (nSPS) is 15.1. The molecule has 1 aromatic heterocycles. The van der Waals surface area contributed by atoms with Crippen LogP contribution in [0.25, 0.3) is 10.2 Å². The van der Waals surface area contributed by atoms with Crippen molar-refractivity contribution in [3.8, 4) is 0 Å². The van der Waals surface area contributed by atoms with Crippen LogP contribution in [0.3, 0.4) is 0 Å². The first-order chi connectivity index (χ1) is 9.90. The van der Waals surface area contributed by atoms with Gasteiger partial charge in [0.05, 0.1) is 16.0 Å². The van der Waals surface area contributed by atoms with Crippen molar-refractivity contribution in [3.63, 3.8) is 0 Å². The van der Waals surface area contributed by atoms with Crippen LogP contribution in [0.2, 0.25) is 0 Å². The van der Waals surface area contributed by atoms with E-state index in [4.69, 9.17) is 4.55 Å². The van der Waals surface area contributed by atoms with E-state index in [-0.39, 0.29) is 11.7 Å². The molecule has 0 saturated heterocycles. The predicted molar refractivity (Wildman–Crippen MR) is 85.0 cm³/mol. The monoisotopic (exact) mass is 327 g/mol. The Labute approximate surface area is 127 Å². The Morgan fingerprint density at radius 3 is 2.76 bits per heavy atom. The SMILES string of the molecule is CCC(C=NN=c1sc2ccccc2n1C)CS(=O)(=O)O. The second kappa shape index (κ2) is 6.50. The number of thiazole rings is 1. The van der Waals surface area contributed by atoms with Crippen molar-refractivity contribution in [1.29, 1.82) is 0 Å². The molecule has 114 valence electrons. The van der Waals surface area contributed by atoms with Gasteiger partial charge in [0.25, 0.3) is 10.1 Å². The van der Waals surface area contributed by atoms with E-state index in [0.717, 1.165) is 15.0 Å². The molecule has 2 rings (SSSR count). The number of para-hydroxylation sites is 1. The molecular formula is C13H17N3O3S2. The van der Waals surface area contributed by atoms with Crippen LogP contribution in [0.4, 0.5) is 0 Å². The van der Waals surface area contributed by atoms with E-state index in [0.29, 0.717) is 6.42 Å². The van der Waals surface area contributed by atoms with Gasteiger partial charge in [-0.25, -0.2) is 0 Å². The first-order valence-electron chi connectivity index (χ1n) is 6.47. The summed E-state index contributed by atoms with van der Waals surface area (Å²) in [5.74, 6) is -0.676. The molecule has 0 aliphatic rings. The minimum atomic E-state index is -3.99. The van der Waals surface area contributed by atoms with Gasteiger partial charge in [-0.2, -0.15) is 13.5 Å². The third kappa shape index (κ3) is 4.23. The van der Waals surface area contributed by atoms with Crippen molar-refractivity contribution >= 4 is 37.9 Å². The summed E-state index contributed by atoms with van der Waals surface area (Å²) in [6.45, 7) is 1.83. The summed E-state index contributed by atoms with van der Waals surface area (Å²) in [5.41, 5.74) is 1.07. The minimum Gasteiger partial charge on any atom is -0.318 e. The third-order valence-corrected chi connectivity index (χ3v) is 5.04. The lowest BCUT2D eigenvalue weighted by Gasteiger charge is -2.04. The zero-order chi connectivity index (χ0) is 15.5. The molecule has 0 bridgehead atoms. The van der Waals surface area contributed by atoms with Gasteiger partial charge in [-0.05, 0) is 18.6 Å². The van der Waals surface area contributed by atoms with Gasteiger partial charge in [-0.3, -0.25) is 4.55 Å². The molecule has 1 atom stereocenters. The average molecular weight is 327 g/mol. The van der Waals surface area contributed by atoms with Gasteiger partial charge >= 0.3 is 0 Å². The van der Waals surface area contributed by atoms with Gasteiger partial charge < -0.3 is 4.57 Å². The van der Waals surface area contributed by atoms with Gasteiger partial charge in [0.1, 0.15) is 0 Å². The molecule has 1 N–H and O–H groups in total. The van der Waals surface area contributed by atoms with Crippen LogP contribution in [-0.2, 0) is 17.2 Å². The summed E-state index contributed by atoms with van der Waals surface area (Å²) in [4.78, 5) is 0.731. The minimum absolute atomic E-state index is 0.332.